The van der Waals surface area contributed by atoms with Gasteiger partial charge < -0.3 is 20.1 Å². The Bertz CT molecular complexity index is 367. The summed E-state index contributed by atoms with van der Waals surface area (Å²) in [7, 11) is 1.66. The molecule has 0 spiro atoms. The Morgan fingerprint density at radius 2 is 1.89 bits per heavy atom. The highest BCUT2D eigenvalue weighted by Crippen LogP contribution is 2.22. The third kappa shape index (κ3) is 4.40. The van der Waals surface area contributed by atoms with Crippen molar-refractivity contribution in [2.75, 3.05) is 33.4 Å². The van der Waals surface area contributed by atoms with E-state index in [4.69, 9.17) is 15.2 Å². The molecule has 1 aromatic rings. The molecule has 1 saturated heterocycles. The normalized spacial score (nSPS) is 15.7. The smallest absolute Gasteiger partial charge is 0.123 e. The average molecular weight is 264 g/mol. The zero-order valence-corrected chi connectivity index (χ0v) is 11.7. The fourth-order valence-corrected chi connectivity index (χ4v) is 2.43. The molecule has 1 fully saturated rings. The minimum absolute atomic E-state index is 0.501. The van der Waals surface area contributed by atoms with E-state index in [2.05, 4.69) is 4.90 Å². The molecule has 1 aliphatic heterocycles. The van der Waals surface area contributed by atoms with E-state index in [0.29, 0.717) is 6.54 Å². The van der Waals surface area contributed by atoms with Crippen LogP contribution < -0.4 is 15.2 Å². The number of likely N-dealkylation sites (tertiary alicyclic amines) is 1. The lowest BCUT2D eigenvalue weighted by molar-refractivity contribution is 0.262. The molecule has 0 aliphatic carbocycles. The molecule has 4 nitrogen and oxygen atoms in total. The van der Waals surface area contributed by atoms with Gasteiger partial charge in [-0.1, -0.05) is 0 Å². The lowest BCUT2D eigenvalue weighted by atomic mass is 10.2. The fourth-order valence-electron chi connectivity index (χ4n) is 2.43. The zero-order chi connectivity index (χ0) is 13.5. The van der Waals surface area contributed by atoms with Gasteiger partial charge in [-0.3, -0.25) is 0 Å². The van der Waals surface area contributed by atoms with Gasteiger partial charge in [-0.05, 0) is 50.0 Å². The van der Waals surface area contributed by atoms with E-state index in [1.807, 2.05) is 18.2 Å². The quantitative estimate of drug-likeness (QED) is 0.765. The molecule has 0 radical (unpaired) electrons. The summed E-state index contributed by atoms with van der Waals surface area (Å²) >= 11 is 0. The van der Waals surface area contributed by atoms with Crippen LogP contribution in [0.15, 0.2) is 18.2 Å². The van der Waals surface area contributed by atoms with Gasteiger partial charge in [0, 0.05) is 19.2 Å². The van der Waals surface area contributed by atoms with Gasteiger partial charge >= 0.3 is 0 Å². The van der Waals surface area contributed by atoms with Crippen molar-refractivity contribution in [2.24, 2.45) is 5.73 Å². The van der Waals surface area contributed by atoms with Gasteiger partial charge in [-0.2, -0.15) is 0 Å². The molecule has 1 heterocycles. The van der Waals surface area contributed by atoms with E-state index in [0.717, 1.165) is 36.6 Å². The lowest BCUT2D eigenvalue weighted by Crippen LogP contribution is -2.21. The average Bonchev–Trinajstić information content (AvgIpc) is 2.96. The van der Waals surface area contributed by atoms with Gasteiger partial charge in [0.25, 0.3) is 0 Å². The van der Waals surface area contributed by atoms with E-state index in [1.54, 1.807) is 7.11 Å². The van der Waals surface area contributed by atoms with Crippen molar-refractivity contribution in [1.29, 1.82) is 0 Å². The molecule has 0 aromatic heterocycles. The van der Waals surface area contributed by atoms with Gasteiger partial charge in [-0.15, -0.1) is 0 Å². The Morgan fingerprint density at radius 1 is 1.16 bits per heavy atom. The fraction of sp³-hybridized carbons (Fsp3) is 0.600. The van der Waals surface area contributed by atoms with Crippen LogP contribution in [0.4, 0.5) is 0 Å². The molecule has 106 valence electrons. The number of hydrogen-bond donors (Lipinski definition) is 1. The monoisotopic (exact) mass is 264 g/mol. The van der Waals surface area contributed by atoms with Crippen molar-refractivity contribution in [1.82, 2.24) is 4.90 Å². The first-order valence-electron chi connectivity index (χ1n) is 7.05. The van der Waals surface area contributed by atoms with E-state index in [1.165, 1.54) is 25.9 Å². The standard InChI is InChI=1S/C15H24N2O2/c1-18-14-9-13(12-16)10-15(11-14)19-8-4-7-17-5-2-3-6-17/h9-11H,2-8,12,16H2,1H3. The second-order valence-corrected chi connectivity index (χ2v) is 4.97. The maximum absolute atomic E-state index is 5.79. The molecule has 19 heavy (non-hydrogen) atoms. The second-order valence-electron chi connectivity index (χ2n) is 4.97. The SMILES string of the molecule is COc1cc(CN)cc(OCCCN2CCCC2)c1. The molecule has 1 aromatic carbocycles. The Hall–Kier alpha value is -1.26. The largest absolute Gasteiger partial charge is 0.497 e. The first-order valence-corrected chi connectivity index (χ1v) is 7.05. The lowest BCUT2D eigenvalue weighted by Gasteiger charge is -2.15. The highest BCUT2D eigenvalue weighted by Gasteiger charge is 2.10. The number of hydrogen-bond acceptors (Lipinski definition) is 4. The third-order valence-electron chi connectivity index (χ3n) is 3.50. The van der Waals surface area contributed by atoms with Crippen molar-refractivity contribution in [3.63, 3.8) is 0 Å². The topological polar surface area (TPSA) is 47.7 Å². The highest BCUT2D eigenvalue weighted by atomic mass is 16.5. The van der Waals surface area contributed by atoms with Crippen molar-refractivity contribution in [3.8, 4) is 11.5 Å². The summed E-state index contributed by atoms with van der Waals surface area (Å²) in [6.45, 7) is 4.87. The number of rotatable bonds is 7. The summed E-state index contributed by atoms with van der Waals surface area (Å²) in [6, 6.07) is 5.84. The second kappa shape index (κ2) is 7.36. The van der Waals surface area contributed by atoms with Crippen LogP contribution >= 0.6 is 0 Å². The van der Waals surface area contributed by atoms with Crippen molar-refractivity contribution >= 4 is 0 Å². The third-order valence-corrected chi connectivity index (χ3v) is 3.50. The molecule has 0 atom stereocenters. The maximum atomic E-state index is 5.79. The van der Waals surface area contributed by atoms with Gasteiger partial charge in [0.05, 0.1) is 13.7 Å². The molecule has 0 unspecified atom stereocenters. The minimum atomic E-state index is 0.501. The molecule has 4 heteroatoms. The summed E-state index contributed by atoms with van der Waals surface area (Å²) in [5.41, 5.74) is 6.70. The van der Waals surface area contributed by atoms with E-state index >= 15 is 0 Å². The molecular formula is C15H24N2O2. The molecule has 1 aliphatic rings. The molecule has 0 amide bonds. The molecule has 0 bridgehead atoms. The van der Waals surface area contributed by atoms with E-state index in [-0.39, 0.29) is 0 Å². The summed E-state index contributed by atoms with van der Waals surface area (Å²) < 4.78 is 11.0. The molecular weight excluding hydrogens is 240 g/mol. The van der Waals surface area contributed by atoms with Crippen LogP contribution in [0, 0.1) is 0 Å². The number of methoxy groups -OCH3 is 1. The van der Waals surface area contributed by atoms with Gasteiger partial charge in [0.15, 0.2) is 0 Å². The Labute approximate surface area is 115 Å². The number of benzene rings is 1. The first kappa shape index (κ1) is 14.2. The maximum Gasteiger partial charge on any atom is 0.123 e. The van der Waals surface area contributed by atoms with E-state index in [9.17, 15) is 0 Å². The predicted octanol–water partition coefficient (Wildman–Crippen LogP) is 2.02. The summed E-state index contributed by atoms with van der Waals surface area (Å²) in [5, 5.41) is 0. The van der Waals surface area contributed by atoms with Crippen LogP contribution in [-0.4, -0.2) is 38.3 Å². The Kier molecular flexibility index (Phi) is 5.48. The number of nitrogens with two attached hydrogens (primary N) is 1. The van der Waals surface area contributed by atoms with Crippen molar-refractivity contribution in [3.05, 3.63) is 23.8 Å². The van der Waals surface area contributed by atoms with Gasteiger partial charge in [0.2, 0.25) is 0 Å². The summed E-state index contributed by atoms with van der Waals surface area (Å²) in [4.78, 5) is 2.50. The first-order chi connectivity index (χ1) is 9.31. The van der Waals surface area contributed by atoms with Crippen LogP contribution in [0.5, 0.6) is 11.5 Å². The highest BCUT2D eigenvalue weighted by molar-refractivity contribution is 5.38. The molecule has 2 rings (SSSR count). The van der Waals surface area contributed by atoms with Crippen LogP contribution in [0.1, 0.15) is 24.8 Å². The van der Waals surface area contributed by atoms with Crippen LogP contribution in [-0.2, 0) is 6.54 Å². The number of nitrogens with zero attached hydrogens (tertiary/aromatic N) is 1. The Balaban J connectivity index is 1.77. The van der Waals surface area contributed by atoms with Crippen molar-refractivity contribution in [2.45, 2.75) is 25.8 Å². The summed E-state index contributed by atoms with van der Waals surface area (Å²) in [6.07, 6.45) is 3.75. The molecule has 0 saturated carbocycles. The van der Waals surface area contributed by atoms with Crippen LogP contribution in [0.2, 0.25) is 0 Å². The van der Waals surface area contributed by atoms with Gasteiger partial charge in [-0.25, -0.2) is 0 Å². The van der Waals surface area contributed by atoms with Crippen molar-refractivity contribution < 1.29 is 9.47 Å². The van der Waals surface area contributed by atoms with Gasteiger partial charge in [0.1, 0.15) is 11.5 Å². The van der Waals surface area contributed by atoms with Crippen LogP contribution in [0.25, 0.3) is 0 Å². The summed E-state index contributed by atoms with van der Waals surface area (Å²) in [5.74, 6) is 1.65. The zero-order valence-electron chi connectivity index (χ0n) is 11.7. The molecule has 2 N–H and O–H groups in total. The number of ether oxygens (including phenoxy) is 2. The predicted molar refractivity (Wildman–Crippen MR) is 76.7 cm³/mol. The van der Waals surface area contributed by atoms with Crippen LogP contribution in [0.3, 0.4) is 0 Å². The van der Waals surface area contributed by atoms with E-state index < -0.39 is 0 Å². The Morgan fingerprint density at radius 3 is 2.58 bits per heavy atom. The minimum Gasteiger partial charge on any atom is -0.497 e.